The van der Waals surface area contributed by atoms with Crippen LogP contribution in [-0.2, 0) is 9.59 Å². The smallest absolute Gasteiger partial charge is 0.255 e. The highest BCUT2D eigenvalue weighted by Crippen LogP contribution is 2.29. The van der Waals surface area contributed by atoms with Gasteiger partial charge in [-0.05, 0) is 38.4 Å². The van der Waals surface area contributed by atoms with Crippen molar-refractivity contribution in [3.05, 3.63) is 29.6 Å². The summed E-state index contributed by atoms with van der Waals surface area (Å²) in [4.78, 5) is 50.2. The van der Waals surface area contributed by atoms with Crippen molar-refractivity contribution in [1.29, 1.82) is 0 Å². The molecular formula is C24H35N5O3. The molecule has 0 saturated carbocycles. The van der Waals surface area contributed by atoms with Crippen molar-refractivity contribution in [3.8, 4) is 0 Å². The van der Waals surface area contributed by atoms with Crippen LogP contribution in [0.25, 0.3) is 0 Å². The average molecular weight is 442 g/mol. The number of amides is 3. The molecule has 1 unspecified atom stereocenters. The second kappa shape index (κ2) is 9.98. The second-order valence-corrected chi connectivity index (χ2v) is 9.41. The van der Waals surface area contributed by atoms with Gasteiger partial charge in [-0.3, -0.25) is 19.4 Å². The number of likely N-dealkylation sites (N-methyl/N-ethyl adjacent to an activating group) is 1. The van der Waals surface area contributed by atoms with Crippen LogP contribution in [0, 0.1) is 5.92 Å². The molecule has 0 aliphatic carbocycles. The molecule has 4 rings (SSSR count). The molecule has 8 heteroatoms. The van der Waals surface area contributed by atoms with E-state index in [2.05, 4.69) is 23.9 Å². The highest BCUT2D eigenvalue weighted by Gasteiger charge is 2.37. The minimum Gasteiger partial charge on any atom is -0.342 e. The fraction of sp³-hybridized carbons (Fsp3) is 0.667. The van der Waals surface area contributed by atoms with Crippen molar-refractivity contribution in [1.82, 2.24) is 24.6 Å². The van der Waals surface area contributed by atoms with Crippen molar-refractivity contribution in [2.45, 2.75) is 38.5 Å². The van der Waals surface area contributed by atoms with Crippen molar-refractivity contribution in [2.75, 3.05) is 59.4 Å². The molecule has 3 fully saturated rings. The number of carbonyl (C=O) groups is 3. The third kappa shape index (κ3) is 4.95. The summed E-state index contributed by atoms with van der Waals surface area (Å²) in [5.74, 6) is 0.394. The van der Waals surface area contributed by atoms with E-state index in [1.807, 2.05) is 26.8 Å². The molecule has 174 valence electrons. The molecular weight excluding hydrogens is 406 g/mol. The summed E-state index contributed by atoms with van der Waals surface area (Å²) in [5.41, 5.74) is 1.64. The number of piperazine rings is 1. The predicted molar refractivity (Wildman–Crippen MR) is 121 cm³/mol. The molecule has 1 aromatic rings. The zero-order valence-electron chi connectivity index (χ0n) is 19.3. The Morgan fingerprint density at radius 3 is 2.38 bits per heavy atom. The molecule has 0 spiro atoms. The Labute approximate surface area is 190 Å². The van der Waals surface area contributed by atoms with Gasteiger partial charge in [0.1, 0.15) is 0 Å². The van der Waals surface area contributed by atoms with E-state index in [0.29, 0.717) is 37.5 Å². The number of hydrogen-bond acceptors (Lipinski definition) is 5. The maximum atomic E-state index is 12.9. The molecule has 1 atom stereocenters. The van der Waals surface area contributed by atoms with E-state index >= 15 is 0 Å². The maximum Gasteiger partial charge on any atom is 0.255 e. The van der Waals surface area contributed by atoms with Gasteiger partial charge in [-0.1, -0.05) is 6.92 Å². The zero-order chi connectivity index (χ0) is 22.7. The second-order valence-electron chi connectivity index (χ2n) is 9.41. The largest absolute Gasteiger partial charge is 0.342 e. The third-order valence-corrected chi connectivity index (χ3v) is 7.11. The normalized spacial score (nSPS) is 23.1. The molecule has 0 N–H and O–H groups in total. The molecule has 3 aliphatic heterocycles. The quantitative estimate of drug-likeness (QED) is 0.691. The summed E-state index contributed by atoms with van der Waals surface area (Å²) in [6, 6.07) is 3.87. The highest BCUT2D eigenvalue weighted by atomic mass is 16.2. The van der Waals surface area contributed by atoms with Gasteiger partial charge < -0.3 is 19.6 Å². The van der Waals surface area contributed by atoms with Crippen LogP contribution in [-0.4, -0.2) is 102 Å². The molecule has 32 heavy (non-hydrogen) atoms. The number of rotatable bonds is 5. The number of carbonyl (C=O) groups excluding carboxylic acids is 3. The van der Waals surface area contributed by atoms with Crippen molar-refractivity contribution < 1.29 is 14.4 Å². The molecule has 0 bridgehead atoms. The van der Waals surface area contributed by atoms with E-state index in [1.165, 1.54) is 0 Å². The minimum absolute atomic E-state index is 0.0563. The van der Waals surface area contributed by atoms with E-state index in [4.69, 9.17) is 0 Å². The zero-order valence-corrected chi connectivity index (χ0v) is 19.3. The minimum atomic E-state index is -0.191. The van der Waals surface area contributed by atoms with Gasteiger partial charge in [0.2, 0.25) is 11.8 Å². The fourth-order valence-electron chi connectivity index (χ4n) is 5.04. The third-order valence-electron chi connectivity index (χ3n) is 7.11. The first kappa shape index (κ1) is 22.7. The van der Waals surface area contributed by atoms with Crippen LogP contribution in [0.3, 0.4) is 0 Å². The lowest BCUT2D eigenvalue weighted by Crippen LogP contribution is -2.47. The first-order valence-electron chi connectivity index (χ1n) is 12.0. The van der Waals surface area contributed by atoms with Gasteiger partial charge in [0, 0.05) is 76.6 Å². The van der Waals surface area contributed by atoms with E-state index < -0.39 is 0 Å². The van der Waals surface area contributed by atoms with Gasteiger partial charge >= 0.3 is 0 Å². The summed E-state index contributed by atoms with van der Waals surface area (Å²) in [6.07, 6.45) is 4.71. The lowest BCUT2D eigenvalue weighted by Gasteiger charge is -2.33. The SMILES string of the molecule is CCCN1CC(C(=O)N2CCC(c3ccc(C(=O)N4CCN(C)CC4)cn3)CC2)CC1=O. The number of nitrogens with zero attached hydrogens (tertiary/aromatic N) is 5. The van der Waals surface area contributed by atoms with Gasteiger partial charge in [-0.2, -0.15) is 0 Å². The van der Waals surface area contributed by atoms with Crippen molar-refractivity contribution >= 4 is 17.7 Å². The van der Waals surface area contributed by atoms with Crippen LogP contribution in [0.4, 0.5) is 0 Å². The highest BCUT2D eigenvalue weighted by molar-refractivity contribution is 5.94. The Kier molecular flexibility index (Phi) is 7.08. The topological polar surface area (TPSA) is 77.1 Å². The van der Waals surface area contributed by atoms with Gasteiger partial charge in [-0.15, -0.1) is 0 Å². The van der Waals surface area contributed by atoms with Crippen LogP contribution >= 0.6 is 0 Å². The molecule has 3 saturated heterocycles. The molecule has 4 heterocycles. The van der Waals surface area contributed by atoms with Crippen LogP contribution in [0.2, 0.25) is 0 Å². The first-order valence-corrected chi connectivity index (χ1v) is 12.0. The molecule has 3 amide bonds. The average Bonchev–Trinajstić information content (AvgIpc) is 3.19. The standard InChI is InChI=1S/C24H35N5O3/c1-3-8-29-17-20(15-22(29)30)24(32)27-9-6-18(7-10-27)21-5-4-19(16-25-21)23(31)28-13-11-26(2)12-14-28/h4-5,16,18,20H,3,6-15,17H2,1-2H3. The van der Waals surface area contributed by atoms with Crippen LogP contribution in [0.15, 0.2) is 18.3 Å². The number of aromatic nitrogens is 1. The Balaban J connectivity index is 1.28. The van der Waals surface area contributed by atoms with Crippen molar-refractivity contribution in [2.24, 2.45) is 5.92 Å². The van der Waals surface area contributed by atoms with Gasteiger partial charge in [-0.25, -0.2) is 0 Å². The monoisotopic (exact) mass is 441 g/mol. The van der Waals surface area contributed by atoms with E-state index in [9.17, 15) is 14.4 Å². The lowest BCUT2D eigenvalue weighted by atomic mass is 9.92. The van der Waals surface area contributed by atoms with Gasteiger partial charge in [0.25, 0.3) is 5.91 Å². The Bertz CT molecular complexity index is 827. The first-order chi connectivity index (χ1) is 15.5. The van der Waals surface area contributed by atoms with E-state index in [0.717, 1.165) is 57.7 Å². The van der Waals surface area contributed by atoms with Gasteiger partial charge in [0.15, 0.2) is 0 Å². The van der Waals surface area contributed by atoms with Gasteiger partial charge in [0.05, 0.1) is 11.5 Å². The summed E-state index contributed by atoms with van der Waals surface area (Å²) in [6.45, 7) is 8.08. The van der Waals surface area contributed by atoms with E-state index in [1.54, 1.807) is 6.20 Å². The number of pyridine rings is 1. The van der Waals surface area contributed by atoms with Crippen molar-refractivity contribution in [3.63, 3.8) is 0 Å². The molecule has 8 nitrogen and oxygen atoms in total. The Morgan fingerprint density at radius 1 is 1.03 bits per heavy atom. The Morgan fingerprint density at radius 2 is 1.75 bits per heavy atom. The molecule has 1 aromatic heterocycles. The number of likely N-dealkylation sites (tertiary alicyclic amines) is 2. The fourth-order valence-corrected chi connectivity index (χ4v) is 5.04. The van der Waals surface area contributed by atoms with Crippen LogP contribution in [0.5, 0.6) is 0 Å². The molecule has 0 radical (unpaired) electrons. The predicted octanol–water partition coefficient (Wildman–Crippen LogP) is 1.43. The molecule has 0 aromatic carbocycles. The number of hydrogen-bond donors (Lipinski definition) is 0. The Hall–Kier alpha value is -2.48. The van der Waals surface area contributed by atoms with Crippen LogP contribution < -0.4 is 0 Å². The summed E-state index contributed by atoms with van der Waals surface area (Å²) in [5, 5.41) is 0. The summed E-state index contributed by atoms with van der Waals surface area (Å²) >= 11 is 0. The maximum absolute atomic E-state index is 12.9. The van der Waals surface area contributed by atoms with Crippen LogP contribution in [0.1, 0.15) is 54.6 Å². The van der Waals surface area contributed by atoms with E-state index in [-0.39, 0.29) is 23.6 Å². The number of piperidine rings is 1. The lowest BCUT2D eigenvalue weighted by molar-refractivity contribution is -0.136. The summed E-state index contributed by atoms with van der Waals surface area (Å²) in [7, 11) is 2.07. The summed E-state index contributed by atoms with van der Waals surface area (Å²) < 4.78 is 0. The molecule has 3 aliphatic rings.